The summed E-state index contributed by atoms with van der Waals surface area (Å²) in [6.07, 6.45) is 0. The first-order valence-electron chi connectivity index (χ1n) is 9.77. The minimum absolute atomic E-state index is 0.0530. The van der Waals surface area contributed by atoms with Crippen LogP contribution < -0.4 is 5.32 Å². The maximum absolute atomic E-state index is 13.1. The Morgan fingerprint density at radius 1 is 1.10 bits per heavy atom. The van der Waals surface area contributed by atoms with Crippen molar-refractivity contribution in [3.8, 4) is 0 Å². The van der Waals surface area contributed by atoms with Crippen LogP contribution in [-0.2, 0) is 16.1 Å². The van der Waals surface area contributed by atoms with Gasteiger partial charge in [0.2, 0.25) is 11.8 Å². The van der Waals surface area contributed by atoms with Gasteiger partial charge in [0.25, 0.3) is 0 Å². The number of hydrogen-bond acceptors (Lipinski definition) is 3. The van der Waals surface area contributed by atoms with E-state index in [0.717, 1.165) is 14.9 Å². The first-order chi connectivity index (χ1) is 13.8. The van der Waals surface area contributed by atoms with Gasteiger partial charge in [0.1, 0.15) is 6.04 Å². The monoisotopic (exact) mass is 476 g/mol. The van der Waals surface area contributed by atoms with Crippen molar-refractivity contribution in [3.05, 3.63) is 64.1 Å². The average molecular weight is 477 g/mol. The molecule has 0 radical (unpaired) electrons. The molecule has 2 aromatic rings. The highest BCUT2D eigenvalue weighted by atomic mass is 79.9. The fourth-order valence-corrected chi connectivity index (χ4v) is 3.96. The fourth-order valence-electron chi connectivity index (χ4n) is 2.73. The molecule has 2 aromatic carbocycles. The van der Waals surface area contributed by atoms with E-state index in [1.54, 1.807) is 11.8 Å². The van der Waals surface area contributed by atoms with E-state index >= 15 is 0 Å². The first kappa shape index (κ1) is 23.5. The molecule has 2 rings (SSSR count). The molecule has 1 N–H and O–H groups in total. The van der Waals surface area contributed by atoms with E-state index in [0.29, 0.717) is 24.8 Å². The molecule has 0 aliphatic carbocycles. The van der Waals surface area contributed by atoms with Crippen molar-refractivity contribution in [2.45, 2.75) is 45.2 Å². The SMILES string of the molecule is Cc1ccc(SCC(=O)N(Cc2cccc(Br)c2)C(C)C(=O)NCC(C)C)cc1. The zero-order valence-electron chi connectivity index (χ0n) is 17.4. The van der Waals surface area contributed by atoms with Gasteiger partial charge in [0.05, 0.1) is 5.75 Å². The second kappa shape index (κ2) is 11.4. The lowest BCUT2D eigenvalue weighted by molar-refractivity contribution is -0.138. The fraction of sp³-hybridized carbons (Fsp3) is 0.391. The third-order valence-corrected chi connectivity index (χ3v) is 5.97. The number of hydrogen-bond donors (Lipinski definition) is 1. The molecule has 0 aromatic heterocycles. The molecule has 0 saturated heterocycles. The van der Waals surface area contributed by atoms with Crippen LogP contribution in [0.5, 0.6) is 0 Å². The summed E-state index contributed by atoms with van der Waals surface area (Å²) in [7, 11) is 0. The highest BCUT2D eigenvalue weighted by molar-refractivity contribution is 9.10. The smallest absolute Gasteiger partial charge is 0.242 e. The Morgan fingerprint density at radius 3 is 2.41 bits per heavy atom. The van der Waals surface area contributed by atoms with E-state index in [-0.39, 0.29) is 11.8 Å². The van der Waals surface area contributed by atoms with Crippen LogP contribution in [0.2, 0.25) is 0 Å². The molecule has 0 saturated carbocycles. The lowest BCUT2D eigenvalue weighted by Crippen LogP contribution is -2.48. The molecule has 0 bridgehead atoms. The normalized spacial score (nSPS) is 11.9. The van der Waals surface area contributed by atoms with Crippen LogP contribution in [0.4, 0.5) is 0 Å². The predicted octanol–water partition coefficient (Wildman–Crippen LogP) is 5.04. The lowest BCUT2D eigenvalue weighted by Gasteiger charge is -2.29. The van der Waals surface area contributed by atoms with E-state index in [1.165, 1.54) is 17.3 Å². The summed E-state index contributed by atoms with van der Waals surface area (Å²) in [5, 5.41) is 2.95. The summed E-state index contributed by atoms with van der Waals surface area (Å²) in [6, 6.07) is 15.4. The zero-order valence-corrected chi connectivity index (χ0v) is 19.8. The first-order valence-corrected chi connectivity index (χ1v) is 11.5. The van der Waals surface area contributed by atoms with Crippen molar-refractivity contribution >= 4 is 39.5 Å². The Balaban J connectivity index is 2.12. The van der Waals surface area contributed by atoms with E-state index in [2.05, 4.69) is 21.2 Å². The summed E-state index contributed by atoms with van der Waals surface area (Å²) in [5.74, 6) is 0.474. The molecule has 1 atom stereocenters. The largest absolute Gasteiger partial charge is 0.354 e. The van der Waals surface area contributed by atoms with Crippen LogP contribution in [0, 0.1) is 12.8 Å². The second-order valence-electron chi connectivity index (χ2n) is 7.57. The summed E-state index contributed by atoms with van der Waals surface area (Å²) in [4.78, 5) is 28.4. The number of carbonyl (C=O) groups excluding carboxylic acids is 2. The van der Waals surface area contributed by atoms with Crippen molar-refractivity contribution in [1.82, 2.24) is 10.2 Å². The van der Waals surface area contributed by atoms with Gasteiger partial charge in [-0.15, -0.1) is 11.8 Å². The van der Waals surface area contributed by atoms with E-state index in [9.17, 15) is 9.59 Å². The number of aryl methyl sites for hydroxylation is 1. The van der Waals surface area contributed by atoms with Gasteiger partial charge in [-0.2, -0.15) is 0 Å². The van der Waals surface area contributed by atoms with Crippen LogP contribution in [0.3, 0.4) is 0 Å². The van der Waals surface area contributed by atoms with Gasteiger partial charge >= 0.3 is 0 Å². The van der Waals surface area contributed by atoms with Gasteiger partial charge in [-0.3, -0.25) is 9.59 Å². The van der Waals surface area contributed by atoms with Gasteiger partial charge in [0, 0.05) is 22.5 Å². The van der Waals surface area contributed by atoms with Crippen LogP contribution in [0.25, 0.3) is 0 Å². The number of amides is 2. The molecule has 4 nitrogen and oxygen atoms in total. The predicted molar refractivity (Wildman–Crippen MR) is 124 cm³/mol. The van der Waals surface area contributed by atoms with Crippen molar-refractivity contribution in [2.75, 3.05) is 12.3 Å². The van der Waals surface area contributed by atoms with Crippen LogP contribution in [0.15, 0.2) is 57.9 Å². The summed E-state index contributed by atoms with van der Waals surface area (Å²) in [6.45, 7) is 8.92. The third-order valence-electron chi connectivity index (χ3n) is 4.48. The molecule has 6 heteroatoms. The maximum Gasteiger partial charge on any atom is 0.242 e. The number of nitrogens with zero attached hydrogens (tertiary/aromatic N) is 1. The molecular weight excluding hydrogens is 448 g/mol. The highest BCUT2D eigenvalue weighted by Crippen LogP contribution is 2.21. The number of thioether (sulfide) groups is 1. The quantitative estimate of drug-likeness (QED) is 0.515. The Morgan fingerprint density at radius 2 is 1.79 bits per heavy atom. The Hall–Kier alpha value is -1.79. The van der Waals surface area contributed by atoms with E-state index in [1.807, 2.05) is 69.3 Å². The number of halogens is 1. The minimum Gasteiger partial charge on any atom is -0.354 e. The van der Waals surface area contributed by atoms with Crippen molar-refractivity contribution in [2.24, 2.45) is 5.92 Å². The molecule has 0 aliphatic rings. The van der Waals surface area contributed by atoms with Crippen LogP contribution >= 0.6 is 27.7 Å². The molecule has 29 heavy (non-hydrogen) atoms. The number of carbonyl (C=O) groups is 2. The molecule has 0 aliphatic heterocycles. The molecular formula is C23H29BrN2O2S. The number of nitrogens with one attached hydrogen (secondary N) is 1. The summed E-state index contributed by atoms with van der Waals surface area (Å²) >= 11 is 4.97. The second-order valence-corrected chi connectivity index (χ2v) is 9.53. The van der Waals surface area contributed by atoms with Crippen molar-refractivity contribution in [1.29, 1.82) is 0 Å². The molecule has 0 fully saturated rings. The molecule has 156 valence electrons. The maximum atomic E-state index is 13.1. The average Bonchev–Trinajstić information content (AvgIpc) is 2.69. The van der Waals surface area contributed by atoms with Crippen molar-refractivity contribution < 1.29 is 9.59 Å². The number of rotatable bonds is 9. The molecule has 0 heterocycles. The number of benzene rings is 2. The molecule has 2 amide bonds. The van der Waals surface area contributed by atoms with Crippen LogP contribution in [-0.4, -0.2) is 35.1 Å². The Bertz CT molecular complexity index is 824. The lowest BCUT2D eigenvalue weighted by atomic mass is 10.1. The molecule has 0 spiro atoms. The minimum atomic E-state index is -0.543. The summed E-state index contributed by atoms with van der Waals surface area (Å²) in [5.41, 5.74) is 2.17. The molecule has 1 unspecified atom stereocenters. The van der Waals surface area contributed by atoms with Gasteiger partial charge in [-0.25, -0.2) is 0 Å². The van der Waals surface area contributed by atoms with Gasteiger partial charge in [-0.05, 0) is 49.6 Å². The van der Waals surface area contributed by atoms with Crippen LogP contribution in [0.1, 0.15) is 31.9 Å². The van der Waals surface area contributed by atoms with E-state index in [4.69, 9.17) is 0 Å². The summed E-state index contributed by atoms with van der Waals surface area (Å²) < 4.78 is 0.952. The van der Waals surface area contributed by atoms with Gasteiger partial charge in [-0.1, -0.05) is 59.6 Å². The zero-order chi connectivity index (χ0) is 21.4. The topological polar surface area (TPSA) is 49.4 Å². The Labute approximate surface area is 186 Å². The highest BCUT2D eigenvalue weighted by Gasteiger charge is 2.26. The Kier molecular flexibility index (Phi) is 9.24. The standard InChI is InChI=1S/C23H29BrN2O2S/c1-16(2)13-25-23(28)18(4)26(14-19-6-5-7-20(24)12-19)22(27)15-29-21-10-8-17(3)9-11-21/h5-12,16,18H,13-15H2,1-4H3,(H,25,28). The van der Waals surface area contributed by atoms with Gasteiger partial charge < -0.3 is 10.2 Å². The van der Waals surface area contributed by atoms with E-state index < -0.39 is 6.04 Å². The third kappa shape index (κ3) is 7.86. The van der Waals surface area contributed by atoms with Gasteiger partial charge in [0.15, 0.2) is 0 Å². The van der Waals surface area contributed by atoms with Crippen molar-refractivity contribution in [3.63, 3.8) is 0 Å².